The number of hydrogen-bond donors (Lipinski definition) is 0. The number of methoxy groups -OCH3 is 1. The van der Waals surface area contributed by atoms with Crippen molar-refractivity contribution in [1.29, 1.82) is 0 Å². The molecule has 0 atom stereocenters. The van der Waals surface area contributed by atoms with Crippen molar-refractivity contribution in [2.45, 2.75) is 18.2 Å². The molecule has 9 heteroatoms. The van der Waals surface area contributed by atoms with Gasteiger partial charge in [-0.3, -0.25) is 4.79 Å². The molecule has 1 fully saturated rings. The quantitative estimate of drug-likeness (QED) is 0.426. The first-order chi connectivity index (χ1) is 17.8. The Balaban J connectivity index is 1.52. The number of para-hydroxylation sites is 1. The first-order valence-electron chi connectivity index (χ1n) is 12.3. The number of rotatable bonds is 9. The summed E-state index contributed by atoms with van der Waals surface area (Å²) in [6.07, 6.45) is 0.461. The summed E-state index contributed by atoms with van der Waals surface area (Å²) in [5.74, 6) is -0.342. The molecule has 1 aliphatic rings. The zero-order valence-electron chi connectivity index (χ0n) is 21.1. The van der Waals surface area contributed by atoms with Crippen molar-refractivity contribution in [2.24, 2.45) is 0 Å². The lowest BCUT2D eigenvalue weighted by atomic mass is 10.1. The lowest BCUT2D eigenvalue weighted by Crippen LogP contribution is -2.52. The van der Waals surface area contributed by atoms with Crippen LogP contribution in [0.3, 0.4) is 0 Å². The third-order valence-corrected chi connectivity index (χ3v) is 8.43. The van der Waals surface area contributed by atoms with Gasteiger partial charge in [0.05, 0.1) is 19.3 Å². The van der Waals surface area contributed by atoms with Gasteiger partial charge in [0, 0.05) is 32.7 Å². The number of carbonyl (C=O) groups is 1. The van der Waals surface area contributed by atoms with Crippen LogP contribution < -0.4 is 9.64 Å². The molecule has 1 heterocycles. The van der Waals surface area contributed by atoms with Crippen LogP contribution in [0.2, 0.25) is 0 Å². The molecule has 0 radical (unpaired) electrons. The summed E-state index contributed by atoms with van der Waals surface area (Å²) in [4.78, 5) is 16.9. The fourth-order valence-corrected chi connectivity index (χ4v) is 6.09. The molecule has 0 spiro atoms. The van der Waals surface area contributed by atoms with Crippen molar-refractivity contribution in [3.8, 4) is 5.75 Å². The van der Waals surface area contributed by atoms with Gasteiger partial charge in [0.15, 0.2) is 0 Å². The maximum absolute atomic E-state index is 14.2. The minimum absolute atomic E-state index is 0.0419. The zero-order valence-corrected chi connectivity index (χ0v) is 22.0. The average molecular weight is 526 g/mol. The Bertz CT molecular complexity index is 1330. The van der Waals surface area contributed by atoms with E-state index in [1.54, 1.807) is 41.3 Å². The van der Waals surface area contributed by atoms with Gasteiger partial charge in [-0.25, -0.2) is 12.8 Å². The van der Waals surface area contributed by atoms with E-state index in [0.717, 1.165) is 11.1 Å². The van der Waals surface area contributed by atoms with Gasteiger partial charge in [-0.2, -0.15) is 4.31 Å². The van der Waals surface area contributed by atoms with E-state index in [0.29, 0.717) is 38.3 Å². The smallest absolute Gasteiger partial charge is 0.247 e. The minimum Gasteiger partial charge on any atom is -0.495 e. The maximum atomic E-state index is 14.2. The summed E-state index contributed by atoms with van der Waals surface area (Å²) in [6, 6.07) is 21.1. The van der Waals surface area contributed by atoms with Gasteiger partial charge in [-0.05, 0) is 48.7 Å². The zero-order chi connectivity index (χ0) is 26.4. The highest BCUT2D eigenvalue weighted by Gasteiger charge is 2.32. The standard InChI is InChI=1S/C28H32FN3O4S/c1-22-12-13-26(36-2)27(20-22)37(34,35)32(15-14-23-8-4-3-5-9-23)21-28(33)31-18-16-30(17-19-31)25-11-7-6-10-24(25)29/h3-13,20H,14-19,21H2,1-2H3. The van der Waals surface area contributed by atoms with E-state index in [1.165, 1.54) is 17.5 Å². The van der Waals surface area contributed by atoms with Crippen molar-refractivity contribution in [3.05, 3.63) is 89.7 Å². The molecular formula is C28H32FN3O4S. The first-order valence-corrected chi connectivity index (χ1v) is 13.7. The van der Waals surface area contributed by atoms with E-state index in [4.69, 9.17) is 4.74 Å². The number of nitrogens with zero attached hydrogens (tertiary/aromatic N) is 3. The topological polar surface area (TPSA) is 70.2 Å². The summed E-state index contributed by atoms with van der Waals surface area (Å²) < 4.78 is 48.4. The van der Waals surface area contributed by atoms with E-state index in [-0.39, 0.29) is 35.5 Å². The highest BCUT2D eigenvalue weighted by Crippen LogP contribution is 2.28. The van der Waals surface area contributed by atoms with E-state index in [9.17, 15) is 17.6 Å². The molecule has 37 heavy (non-hydrogen) atoms. The first kappa shape index (κ1) is 26.6. The van der Waals surface area contributed by atoms with Gasteiger partial charge in [0.2, 0.25) is 15.9 Å². The fraction of sp³-hybridized carbons (Fsp3) is 0.321. The summed E-state index contributed by atoms with van der Waals surface area (Å²) in [5, 5.41) is 0. The molecule has 0 bridgehead atoms. The van der Waals surface area contributed by atoms with Crippen LogP contribution in [0.25, 0.3) is 0 Å². The van der Waals surface area contributed by atoms with Gasteiger partial charge in [0.25, 0.3) is 0 Å². The average Bonchev–Trinajstić information content (AvgIpc) is 2.91. The van der Waals surface area contributed by atoms with E-state index >= 15 is 0 Å². The number of carbonyl (C=O) groups excluding carboxylic acids is 1. The number of aryl methyl sites for hydroxylation is 1. The molecule has 0 saturated carbocycles. The molecule has 4 rings (SSSR count). The monoisotopic (exact) mass is 525 g/mol. The molecule has 1 amide bonds. The fourth-order valence-electron chi connectivity index (χ4n) is 4.46. The number of anilines is 1. The number of halogens is 1. The summed E-state index contributed by atoms with van der Waals surface area (Å²) in [5.41, 5.74) is 2.26. The number of benzene rings is 3. The summed E-state index contributed by atoms with van der Waals surface area (Å²) >= 11 is 0. The highest BCUT2D eigenvalue weighted by molar-refractivity contribution is 7.89. The largest absolute Gasteiger partial charge is 0.495 e. The van der Waals surface area contributed by atoms with Crippen molar-refractivity contribution in [2.75, 3.05) is 51.3 Å². The van der Waals surface area contributed by atoms with Gasteiger partial charge < -0.3 is 14.5 Å². The molecule has 3 aromatic rings. The Morgan fingerprint density at radius 2 is 1.65 bits per heavy atom. The van der Waals surface area contributed by atoms with Crippen molar-refractivity contribution < 1.29 is 22.3 Å². The third kappa shape index (κ3) is 6.29. The summed E-state index contributed by atoms with van der Waals surface area (Å²) in [7, 11) is -2.60. The molecule has 0 N–H and O–H groups in total. The second-order valence-corrected chi connectivity index (χ2v) is 11.0. The lowest BCUT2D eigenvalue weighted by Gasteiger charge is -2.37. The molecule has 0 aromatic heterocycles. The second-order valence-electron chi connectivity index (χ2n) is 9.05. The minimum atomic E-state index is -4.03. The molecule has 196 valence electrons. The lowest BCUT2D eigenvalue weighted by molar-refractivity contribution is -0.131. The Labute approximate surface area is 218 Å². The van der Waals surface area contributed by atoms with Gasteiger partial charge in [0.1, 0.15) is 16.5 Å². The van der Waals surface area contributed by atoms with Gasteiger partial charge in [-0.15, -0.1) is 0 Å². The summed E-state index contributed by atoms with van der Waals surface area (Å²) in [6.45, 7) is 3.37. The molecule has 7 nitrogen and oxygen atoms in total. The highest BCUT2D eigenvalue weighted by atomic mass is 32.2. The Hall–Kier alpha value is -3.43. The Morgan fingerprint density at radius 1 is 0.973 bits per heavy atom. The third-order valence-electron chi connectivity index (χ3n) is 6.57. The normalized spacial score (nSPS) is 14.2. The van der Waals surface area contributed by atoms with Crippen LogP contribution in [0.1, 0.15) is 11.1 Å². The van der Waals surface area contributed by atoms with Crippen molar-refractivity contribution >= 4 is 21.6 Å². The van der Waals surface area contributed by atoms with Crippen LogP contribution in [0.4, 0.5) is 10.1 Å². The number of amides is 1. The van der Waals surface area contributed by atoms with Crippen LogP contribution in [-0.2, 0) is 21.2 Å². The van der Waals surface area contributed by atoms with E-state index in [1.807, 2.05) is 42.2 Å². The Kier molecular flexibility index (Phi) is 8.45. The van der Waals surface area contributed by atoms with Gasteiger partial charge in [-0.1, -0.05) is 48.5 Å². The maximum Gasteiger partial charge on any atom is 0.247 e. The molecule has 0 aliphatic carbocycles. The molecule has 0 unspecified atom stereocenters. The number of sulfonamides is 1. The molecule has 1 aliphatic heterocycles. The Morgan fingerprint density at radius 3 is 2.32 bits per heavy atom. The van der Waals surface area contributed by atoms with Gasteiger partial charge >= 0.3 is 0 Å². The van der Waals surface area contributed by atoms with Crippen LogP contribution in [0, 0.1) is 12.7 Å². The molecule has 3 aromatic carbocycles. The number of ether oxygens (including phenoxy) is 1. The van der Waals surface area contributed by atoms with E-state index < -0.39 is 10.0 Å². The van der Waals surface area contributed by atoms with Crippen LogP contribution in [-0.4, -0.2) is 69.9 Å². The second kappa shape index (κ2) is 11.7. The molecular weight excluding hydrogens is 493 g/mol. The van der Waals surface area contributed by atoms with Crippen LogP contribution >= 0.6 is 0 Å². The van der Waals surface area contributed by atoms with E-state index in [2.05, 4.69) is 0 Å². The SMILES string of the molecule is COc1ccc(C)cc1S(=O)(=O)N(CCc1ccccc1)CC(=O)N1CCN(c2ccccc2F)CC1. The predicted molar refractivity (Wildman–Crippen MR) is 142 cm³/mol. The number of hydrogen-bond acceptors (Lipinski definition) is 5. The van der Waals surface area contributed by atoms with Crippen molar-refractivity contribution in [3.63, 3.8) is 0 Å². The van der Waals surface area contributed by atoms with Crippen LogP contribution in [0.15, 0.2) is 77.7 Å². The molecule has 1 saturated heterocycles. The van der Waals surface area contributed by atoms with Crippen molar-refractivity contribution in [1.82, 2.24) is 9.21 Å². The van der Waals surface area contributed by atoms with Crippen LogP contribution in [0.5, 0.6) is 5.75 Å². The number of piperazine rings is 1. The predicted octanol–water partition coefficient (Wildman–Crippen LogP) is 3.72.